The van der Waals surface area contributed by atoms with Crippen LogP contribution in [0.2, 0.25) is 0 Å². The van der Waals surface area contributed by atoms with Crippen molar-refractivity contribution in [3.05, 3.63) is 11.6 Å². The Hall–Kier alpha value is -1.65. The Bertz CT molecular complexity index is 431. The number of nitrogens with one attached hydrogen (secondary N) is 2. The Morgan fingerprint density at radius 3 is 2.83 bits per heavy atom. The molecule has 0 aromatic carbocycles. The zero-order chi connectivity index (χ0) is 8.72. The van der Waals surface area contributed by atoms with Crippen LogP contribution in [-0.2, 0) is 0 Å². The van der Waals surface area contributed by atoms with Crippen molar-refractivity contribution in [2.75, 3.05) is 5.73 Å². The number of fused-ring (bicyclic) bond motifs is 1. The second-order valence-electron chi connectivity index (χ2n) is 2.75. The van der Waals surface area contributed by atoms with Crippen LogP contribution in [0.1, 0.15) is 11.6 Å². The van der Waals surface area contributed by atoms with Gasteiger partial charge in [0, 0.05) is 13.8 Å². The van der Waals surface area contributed by atoms with Gasteiger partial charge in [0.2, 0.25) is 11.6 Å². The van der Waals surface area contributed by atoms with Gasteiger partial charge in [-0.1, -0.05) is 9.97 Å². The van der Waals surface area contributed by atoms with E-state index >= 15 is 0 Å². The number of aromatic nitrogens is 4. The number of nitrogens with two attached hydrogens (primary N) is 1. The standard InChI is InChI=1S/C7H9N5/c1-3-9-5-6(8)10-4(2)12-7(5)11-3/h1-2H3,(H3,8,9,10,11,12)/p+1. The third-order valence-corrected chi connectivity index (χ3v) is 1.67. The molecule has 0 saturated heterocycles. The van der Waals surface area contributed by atoms with E-state index in [9.17, 15) is 0 Å². The summed E-state index contributed by atoms with van der Waals surface area (Å²) in [7, 11) is 0. The molecule has 0 aliphatic rings. The number of H-pyrrole nitrogens is 2. The fourth-order valence-corrected chi connectivity index (χ4v) is 1.20. The fraction of sp³-hybridized carbons (Fsp3) is 0.286. The van der Waals surface area contributed by atoms with E-state index in [0.717, 1.165) is 22.8 Å². The molecule has 0 bridgehead atoms. The van der Waals surface area contributed by atoms with Gasteiger partial charge in [0.25, 0.3) is 5.65 Å². The van der Waals surface area contributed by atoms with Gasteiger partial charge in [0.05, 0.1) is 0 Å². The molecule has 2 aromatic rings. The van der Waals surface area contributed by atoms with Crippen molar-refractivity contribution < 1.29 is 4.98 Å². The predicted octanol–water partition coefficient (Wildman–Crippen LogP) is -0.0290. The SMILES string of the molecule is Cc1nc2[nH+]c(C)nc(N)c2[nH]1. The van der Waals surface area contributed by atoms with Crippen molar-refractivity contribution in [2.45, 2.75) is 13.8 Å². The number of imidazole rings is 1. The van der Waals surface area contributed by atoms with Crippen molar-refractivity contribution in [3.8, 4) is 0 Å². The number of aryl methyl sites for hydroxylation is 2. The summed E-state index contributed by atoms with van der Waals surface area (Å²) in [6, 6.07) is 0. The van der Waals surface area contributed by atoms with E-state index in [1.165, 1.54) is 0 Å². The first-order valence-corrected chi connectivity index (χ1v) is 3.68. The molecule has 62 valence electrons. The van der Waals surface area contributed by atoms with Crippen molar-refractivity contribution in [1.82, 2.24) is 15.0 Å². The third kappa shape index (κ3) is 0.903. The lowest BCUT2D eigenvalue weighted by molar-refractivity contribution is -0.362. The maximum atomic E-state index is 5.67. The van der Waals surface area contributed by atoms with Crippen molar-refractivity contribution in [1.29, 1.82) is 0 Å². The number of rotatable bonds is 0. The van der Waals surface area contributed by atoms with Crippen LogP contribution >= 0.6 is 0 Å². The minimum atomic E-state index is 0.488. The molecule has 0 spiro atoms. The van der Waals surface area contributed by atoms with Crippen LogP contribution < -0.4 is 10.7 Å². The summed E-state index contributed by atoms with van der Waals surface area (Å²) in [6.45, 7) is 3.72. The second-order valence-corrected chi connectivity index (χ2v) is 2.75. The van der Waals surface area contributed by atoms with Crippen molar-refractivity contribution >= 4 is 17.0 Å². The van der Waals surface area contributed by atoms with Gasteiger partial charge in [-0.2, -0.15) is 0 Å². The van der Waals surface area contributed by atoms with Gasteiger partial charge in [0.1, 0.15) is 0 Å². The highest BCUT2D eigenvalue weighted by Gasteiger charge is 2.12. The lowest BCUT2D eigenvalue weighted by Crippen LogP contribution is -2.13. The Balaban J connectivity index is 2.88. The molecule has 0 aliphatic carbocycles. The number of hydrogen-bond donors (Lipinski definition) is 2. The molecule has 0 aliphatic heterocycles. The largest absolute Gasteiger partial charge is 0.368 e. The van der Waals surface area contributed by atoms with Gasteiger partial charge in [0.15, 0.2) is 11.3 Å². The zero-order valence-electron chi connectivity index (χ0n) is 6.97. The van der Waals surface area contributed by atoms with Crippen molar-refractivity contribution in [2.24, 2.45) is 0 Å². The molecule has 0 saturated carbocycles. The molecular weight excluding hydrogens is 154 g/mol. The Morgan fingerprint density at radius 1 is 1.33 bits per heavy atom. The van der Waals surface area contributed by atoms with Gasteiger partial charge in [-0.3, -0.25) is 0 Å². The first-order chi connectivity index (χ1) is 5.66. The number of hydrogen-bond acceptors (Lipinski definition) is 3. The fourth-order valence-electron chi connectivity index (χ4n) is 1.20. The van der Waals surface area contributed by atoms with Crippen LogP contribution in [0.25, 0.3) is 11.2 Å². The van der Waals surface area contributed by atoms with Gasteiger partial charge in [-0.25, -0.2) is 4.98 Å². The zero-order valence-corrected chi connectivity index (χ0v) is 6.97. The molecule has 2 rings (SSSR count). The minimum absolute atomic E-state index is 0.488. The Kier molecular flexibility index (Phi) is 1.27. The van der Waals surface area contributed by atoms with E-state index in [1.807, 2.05) is 13.8 Å². The summed E-state index contributed by atoms with van der Waals surface area (Å²) < 4.78 is 0. The Labute approximate surface area is 69.1 Å². The molecule has 0 unspecified atom stereocenters. The maximum Gasteiger partial charge on any atom is 0.291 e. The Morgan fingerprint density at radius 2 is 2.08 bits per heavy atom. The van der Waals surface area contributed by atoms with E-state index in [1.54, 1.807) is 0 Å². The third-order valence-electron chi connectivity index (χ3n) is 1.67. The molecule has 5 nitrogen and oxygen atoms in total. The summed E-state index contributed by atoms with van der Waals surface area (Å²) >= 11 is 0. The molecule has 0 fully saturated rings. The average Bonchev–Trinajstić information content (AvgIpc) is 2.29. The van der Waals surface area contributed by atoms with E-state index in [0.29, 0.717) is 5.82 Å². The number of nitrogen functional groups attached to an aromatic ring is 1. The van der Waals surface area contributed by atoms with E-state index in [4.69, 9.17) is 5.73 Å². The van der Waals surface area contributed by atoms with Crippen molar-refractivity contribution in [3.63, 3.8) is 0 Å². The van der Waals surface area contributed by atoms with Crippen LogP contribution in [0.15, 0.2) is 0 Å². The molecule has 2 heterocycles. The summed E-state index contributed by atoms with van der Waals surface area (Å²) in [5, 5.41) is 0. The van der Waals surface area contributed by atoms with Gasteiger partial charge >= 0.3 is 0 Å². The highest BCUT2D eigenvalue weighted by atomic mass is 15.1. The maximum absolute atomic E-state index is 5.67. The van der Waals surface area contributed by atoms with Crippen LogP contribution in [0.4, 0.5) is 5.82 Å². The topological polar surface area (TPSA) is 81.7 Å². The monoisotopic (exact) mass is 164 g/mol. The minimum Gasteiger partial charge on any atom is -0.368 e. The molecule has 2 aromatic heterocycles. The van der Waals surface area contributed by atoms with E-state index < -0.39 is 0 Å². The molecule has 5 heteroatoms. The average molecular weight is 164 g/mol. The highest BCUT2D eigenvalue weighted by molar-refractivity contribution is 5.78. The predicted molar refractivity (Wildman–Crippen MR) is 44.3 cm³/mol. The van der Waals surface area contributed by atoms with Crippen LogP contribution in [0.5, 0.6) is 0 Å². The molecular formula is C7H10N5+. The summed E-state index contributed by atoms with van der Waals surface area (Å²) in [5.41, 5.74) is 7.21. The van der Waals surface area contributed by atoms with E-state index in [2.05, 4.69) is 19.9 Å². The summed E-state index contributed by atoms with van der Waals surface area (Å²) in [4.78, 5) is 14.3. The summed E-state index contributed by atoms with van der Waals surface area (Å²) in [5.74, 6) is 2.09. The van der Waals surface area contributed by atoms with E-state index in [-0.39, 0.29) is 0 Å². The first-order valence-electron chi connectivity index (χ1n) is 3.68. The van der Waals surface area contributed by atoms with Crippen LogP contribution in [0.3, 0.4) is 0 Å². The first kappa shape index (κ1) is 7.02. The molecule has 0 amide bonds. The second kappa shape index (κ2) is 2.17. The normalized spacial score (nSPS) is 10.8. The number of anilines is 1. The smallest absolute Gasteiger partial charge is 0.291 e. The van der Waals surface area contributed by atoms with Gasteiger partial charge < -0.3 is 10.7 Å². The lowest BCUT2D eigenvalue weighted by atomic mass is 10.5. The molecule has 0 radical (unpaired) electrons. The molecule has 0 atom stereocenters. The quantitative estimate of drug-likeness (QED) is 0.573. The van der Waals surface area contributed by atoms with Crippen LogP contribution in [-0.4, -0.2) is 15.0 Å². The summed E-state index contributed by atoms with van der Waals surface area (Å²) in [6.07, 6.45) is 0. The number of aromatic amines is 2. The number of nitrogens with zero attached hydrogens (tertiary/aromatic N) is 2. The molecule has 4 N–H and O–H groups in total. The lowest BCUT2D eigenvalue weighted by Gasteiger charge is -1.87. The van der Waals surface area contributed by atoms with Gasteiger partial charge in [-0.05, 0) is 0 Å². The molecule has 12 heavy (non-hydrogen) atoms. The highest BCUT2D eigenvalue weighted by Crippen LogP contribution is 2.11. The van der Waals surface area contributed by atoms with Gasteiger partial charge in [-0.15, -0.1) is 0 Å². The van der Waals surface area contributed by atoms with Crippen LogP contribution in [0, 0.1) is 13.8 Å².